The molecular weight excluding hydrogens is 454 g/mol. The highest BCUT2D eigenvalue weighted by Gasteiger charge is 2.10. The zero-order valence-electron chi connectivity index (χ0n) is 18.6. The van der Waals surface area contributed by atoms with E-state index in [9.17, 15) is 19.2 Å². The minimum atomic E-state index is -0.390. The van der Waals surface area contributed by atoms with E-state index < -0.39 is 5.56 Å². The minimum absolute atomic E-state index is 0.0170. The average Bonchev–Trinajstić information content (AvgIpc) is 2.79. The lowest BCUT2D eigenvalue weighted by atomic mass is 10.1. The molecule has 0 fully saturated rings. The maximum absolute atomic E-state index is 12.2. The van der Waals surface area contributed by atoms with Gasteiger partial charge in [-0.25, -0.2) is 4.98 Å². The Morgan fingerprint density at radius 1 is 0.941 bits per heavy atom. The monoisotopic (exact) mass is 479 g/mol. The highest BCUT2D eigenvalue weighted by atomic mass is 32.2. The van der Waals surface area contributed by atoms with Crippen LogP contribution in [0.3, 0.4) is 0 Å². The molecule has 9 nitrogen and oxygen atoms in total. The fraction of sp³-hybridized carbons (Fsp3) is 0.208. The molecule has 176 valence electrons. The van der Waals surface area contributed by atoms with Crippen LogP contribution in [0.2, 0.25) is 0 Å². The Kier molecular flexibility index (Phi) is 8.98. The number of thioether (sulfide) groups is 1. The van der Waals surface area contributed by atoms with Gasteiger partial charge in [-0.2, -0.15) is 0 Å². The molecular formula is C24H25N5O4S. The van der Waals surface area contributed by atoms with Crippen molar-refractivity contribution in [2.45, 2.75) is 24.9 Å². The minimum Gasteiger partial charge on any atom is -0.355 e. The Morgan fingerprint density at radius 3 is 2.29 bits per heavy atom. The number of nitrogens with one attached hydrogen (secondary N) is 4. The van der Waals surface area contributed by atoms with Crippen molar-refractivity contribution in [3.63, 3.8) is 0 Å². The van der Waals surface area contributed by atoms with Crippen molar-refractivity contribution in [2.24, 2.45) is 0 Å². The zero-order chi connectivity index (χ0) is 24.3. The summed E-state index contributed by atoms with van der Waals surface area (Å²) < 4.78 is 0. The lowest BCUT2D eigenvalue weighted by Gasteiger charge is -2.08. The van der Waals surface area contributed by atoms with Crippen LogP contribution >= 0.6 is 11.8 Å². The third-order valence-electron chi connectivity index (χ3n) is 4.52. The summed E-state index contributed by atoms with van der Waals surface area (Å²) in [5.41, 5.74) is 2.26. The first kappa shape index (κ1) is 24.7. The van der Waals surface area contributed by atoms with E-state index in [-0.39, 0.29) is 35.1 Å². The summed E-state index contributed by atoms with van der Waals surface area (Å²) in [5.74, 6) is -0.681. The molecule has 3 rings (SSSR count). The van der Waals surface area contributed by atoms with Crippen LogP contribution in [0.15, 0.2) is 70.6 Å². The molecule has 0 aliphatic carbocycles. The average molecular weight is 480 g/mol. The molecule has 10 heteroatoms. The van der Waals surface area contributed by atoms with Crippen LogP contribution in [0, 0.1) is 0 Å². The Hall–Kier alpha value is -3.92. The normalized spacial score (nSPS) is 10.4. The third-order valence-corrected chi connectivity index (χ3v) is 5.40. The molecule has 0 spiro atoms. The van der Waals surface area contributed by atoms with Gasteiger partial charge in [0.05, 0.1) is 17.9 Å². The van der Waals surface area contributed by atoms with E-state index in [2.05, 4.69) is 25.9 Å². The number of aromatic amines is 1. The van der Waals surface area contributed by atoms with E-state index in [0.717, 1.165) is 17.3 Å². The Morgan fingerprint density at radius 2 is 1.62 bits per heavy atom. The lowest BCUT2D eigenvalue weighted by Crippen LogP contribution is -2.28. The molecule has 3 aromatic rings. The summed E-state index contributed by atoms with van der Waals surface area (Å²) in [5, 5.41) is 8.47. The van der Waals surface area contributed by atoms with Crippen molar-refractivity contribution in [2.75, 3.05) is 22.9 Å². The molecule has 2 aromatic carbocycles. The number of H-pyrrole nitrogens is 1. The molecule has 0 atom stereocenters. The summed E-state index contributed by atoms with van der Waals surface area (Å²) in [6, 6.07) is 17.8. The summed E-state index contributed by atoms with van der Waals surface area (Å²) in [6.07, 6.45) is 0.681. The van der Waals surface area contributed by atoms with Gasteiger partial charge in [0.2, 0.25) is 17.7 Å². The molecule has 1 aromatic heterocycles. The summed E-state index contributed by atoms with van der Waals surface area (Å²) in [4.78, 5) is 54.4. The van der Waals surface area contributed by atoms with Gasteiger partial charge in [-0.1, -0.05) is 42.1 Å². The highest BCUT2D eigenvalue weighted by molar-refractivity contribution is 7.99. The van der Waals surface area contributed by atoms with E-state index >= 15 is 0 Å². The molecule has 3 amide bonds. The number of benzene rings is 2. The van der Waals surface area contributed by atoms with Gasteiger partial charge in [0.1, 0.15) is 0 Å². The van der Waals surface area contributed by atoms with Crippen molar-refractivity contribution in [3.8, 4) is 0 Å². The maximum Gasteiger partial charge on any atom is 0.251 e. The SMILES string of the molecule is CC(=O)Nc1ccc(NC(=O)CSc2nc(CC(=O)NCCc3ccccc3)cc(=O)[nH]2)cc1. The Balaban J connectivity index is 1.47. The number of hydrogen-bond acceptors (Lipinski definition) is 6. The fourth-order valence-electron chi connectivity index (χ4n) is 3.03. The van der Waals surface area contributed by atoms with Crippen LogP contribution in [0.5, 0.6) is 0 Å². The molecule has 0 saturated heterocycles. The zero-order valence-corrected chi connectivity index (χ0v) is 19.4. The Bertz CT molecular complexity index is 1200. The highest BCUT2D eigenvalue weighted by Crippen LogP contribution is 2.16. The molecule has 4 N–H and O–H groups in total. The van der Waals surface area contributed by atoms with Gasteiger partial charge in [0, 0.05) is 30.9 Å². The number of carbonyl (C=O) groups excluding carboxylic acids is 3. The molecule has 0 aliphatic heterocycles. The van der Waals surface area contributed by atoms with Crippen molar-refractivity contribution in [1.29, 1.82) is 0 Å². The van der Waals surface area contributed by atoms with Gasteiger partial charge in [0.15, 0.2) is 5.16 Å². The van der Waals surface area contributed by atoms with Crippen LogP contribution in [-0.4, -0.2) is 40.0 Å². The Labute approximate surface area is 200 Å². The summed E-state index contributed by atoms with van der Waals surface area (Å²) >= 11 is 1.06. The second kappa shape index (κ2) is 12.4. The van der Waals surface area contributed by atoms with Gasteiger partial charge in [-0.3, -0.25) is 19.2 Å². The molecule has 0 unspecified atom stereocenters. The van der Waals surface area contributed by atoms with Crippen molar-refractivity contribution < 1.29 is 14.4 Å². The number of hydrogen-bond donors (Lipinski definition) is 4. The molecule has 0 aliphatic rings. The molecule has 34 heavy (non-hydrogen) atoms. The molecule has 0 saturated carbocycles. The number of aromatic nitrogens is 2. The maximum atomic E-state index is 12.2. The third kappa shape index (κ3) is 8.55. The molecule has 1 heterocycles. The van der Waals surface area contributed by atoms with E-state index in [1.165, 1.54) is 13.0 Å². The first-order valence-electron chi connectivity index (χ1n) is 10.6. The smallest absolute Gasteiger partial charge is 0.251 e. The van der Waals surface area contributed by atoms with Gasteiger partial charge in [-0.05, 0) is 36.2 Å². The number of carbonyl (C=O) groups is 3. The lowest BCUT2D eigenvalue weighted by molar-refractivity contribution is -0.120. The van der Waals surface area contributed by atoms with Gasteiger partial charge in [0.25, 0.3) is 5.56 Å². The largest absolute Gasteiger partial charge is 0.355 e. The number of nitrogens with zero attached hydrogens (tertiary/aromatic N) is 1. The first-order valence-corrected chi connectivity index (χ1v) is 11.6. The van der Waals surface area contributed by atoms with E-state index in [4.69, 9.17) is 0 Å². The van der Waals surface area contributed by atoms with Crippen LogP contribution in [0.1, 0.15) is 18.2 Å². The van der Waals surface area contributed by atoms with Crippen molar-refractivity contribution in [3.05, 3.63) is 82.3 Å². The van der Waals surface area contributed by atoms with Crippen molar-refractivity contribution >= 4 is 40.9 Å². The second-order valence-corrected chi connectivity index (χ2v) is 8.36. The van der Waals surface area contributed by atoms with E-state index in [1.807, 2.05) is 30.3 Å². The standard InChI is InChI=1S/C24H25N5O4S/c1-16(30)26-18-7-9-19(10-8-18)27-23(33)15-34-24-28-20(14-22(32)29-24)13-21(31)25-12-11-17-5-3-2-4-6-17/h2-10,14H,11-13,15H2,1H3,(H,25,31)(H,26,30)(H,27,33)(H,28,29,32). The quantitative estimate of drug-likeness (QED) is 0.261. The van der Waals surface area contributed by atoms with Crippen LogP contribution in [-0.2, 0) is 27.2 Å². The van der Waals surface area contributed by atoms with E-state index in [1.54, 1.807) is 24.3 Å². The van der Waals surface area contributed by atoms with Gasteiger partial charge >= 0.3 is 0 Å². The first-order chi connectivity index (χ1) is 16.4. The van der Waals surface area contributed by atoms with Gasteiger partial charge in [-0.15, -0.1) is 0 Å². The van der Waals surface area contributed by atoms with Crippen molar-refractivity contribution in [1.82, 2.24) is 15.3 Å². The number of amides is 3. The summed E-state index contributed by atoms with van der Waals surface area (Å²) in [6.45, 7) is 1.90. The second-order valence-electron chi connectivity index (χ2n) is 7.40. The predicted molar refractivity (Wildman–Crippen MR) is 132 cm³/mol. The number of anilines is 2. The van der Waals surface area contributed by atoms with Crippen LogP contribution in [0.4, 0.5) is 11.4 Å². The molecule has 0 radical (unpaired) electrons. The predicted octanol–water partition coefficient (Wildman–Crippen LogP) is 2.36. The topological polar surface area (TPSA) is 133 Å². The van der Waals surface area contributed by atoms with Gasteiger partial charge < -0.3 is 20.9 Å². The van der Waals surface area contributed by atoms with Crippen LogP contribution in [0.25, 0.3) is 0 Å². The number of rotatable bonds is 10. The summed E-state index contributed by atoms with van der Waals surface area (Å²) in [7, 11) is 0. The van der Waals surface area contributed by atoms with Crippen LogP contribution < -0.4 is 21.5 Å². The molecule has 0 bridgehead atoms. The van der Waals surface area contributed by atoms with E-state index in [0.29, 0.717) is 30.0 Å². The fourth-order valence-corrected chi connectivity index (χ4v) is 3.73.